The van der Waals surface area contributed by atoms with Crippen LogP contribution in [0.15, 0.2) is 28.8 Å². The van der Waals surface area contributed by atoms with Crippen molar-refractivity contribution in [2.75, 3.05) is 18.0 Å². The van der Waals surface area contributed by atoms with Gasteiger partial charge in [0.1, 0.15) is 5.82 Å². The minimum atomic E-state index is -0.820. The summed E-state index contributed by atoms with van der Waals surface area (Å²) < 4.78 is 24.2. The third kappa shape index (κ3) is 3.61. The lowest BCUT2D eigenvalue weighted by Crippen LogP contribution is -2.43. The predicted molar refractivity (Wildman–Crippen MR) is 98.4 cm³/mol. The number of nitrogens with one attached hydrogen (secondary N) is 1. The van der Waals surface area contributed by atoms with Crippen LogP contribution in [0.25, 0.3) is 0 Å². The maximum Gasteiger partial charge on any atom is 0.339 e. The van der Waals surface area contributed by atoms with E-state index in [1.54, 1.807) is 0 Å². The second-order valence-electron chi connectivity index (χ2n) is 7.99. The van der Waals surface area contributed by atoms with E-state index in [9.17, 15) is 9.18 Å². The molecule has 2 aliphatic carbocycles. The summed E-state index contributed by atoms with van der Waals surface area (Å²) in [6, 6.07) is 7.08. The number of halogens is 1. The molecule has 2 saturated carbocycles. The number of hydrogen-bond donors (Lipinski definition) is 1. The molecule has 0 spiro atoms. The van der Waals surface area contributed by atoms with E-state index in [2.05, 4.69) is 20.4 Å². The molecule has 28 heavy (non-hydrogen) atoms. The monoisotopic (exact) mass is 386 g/mol. The smallest absolute Gasteiger partial charge is 0.339 e. The van der Waals surface area contributed by atoms with Crippen molar-refractivity contribution in [2.45, 2.75) is 56.2 Å². The number of anilines is 1. The van der Waals surface area contributed by atoms with Crippen LogP contribution in [0.1, 0.15) is 54.7 Å². The van der Waals surface area contributed by atoms with Gasteiger partial charge >= 0.3 is 12.0 Å². The Labute approximate surface area is 162 Å². The topological polar surface area (TPSA) is 80.5 Å². The lowest BCUT2D eigenvalue weighted by atomic mass is 10.1. The van der Waals surface area contributed by atoms with Gasteiger partial charge in [0.2, 0.25) is 5.82 Å². The molecule has 3 fully saturated rings. The van der Waals surface area contributed by atoms with E-state index in [1.165, 1.54) is 37.1 Å². The molecular formula is C20H23FN4O3. The molecule has 1 N–H and O–H groups in total. The zero-order valence-electron chi connectivity index (χ0n) is 15.6. The van der Waals surface area contributed by atoms with Gasteiger partial charge in [0.25, 0.3) is 0 Å². The minimum absolute atomic E-state index is 0.307. The van der Waals surface area contributed by atoms with Gasteiger partial charge in [-0.2, -0.15) is 4.98 Å². The quantitative estimate of drug-likeness (QED) is 0.765. The Morgan fingerprint density at radius 1 is 1.14 bits per heavy atom. The average Bonchev–Trinajstić information content (AvgIpc) is 3.63. The van der Waals surface area contributed by atoms with E-state index in [-0.39, 0.29) is 0 Å². The number of ether oxygens (including phenoxy) is 1. The molecule has 8 heteroatoms. The molecule has 148 valence electrons. The Bertz CT molecular complexity index is 853. The first-order chi connectivity index (χ1) is 13.6. The molecule has 1 aromatic carbocycles. The highest BCUT2D eigenvalue weighted by molar-refractivity contribution is 5.89. The van der Waals surface area contributed by atoms with Crippen LogP contribution >= 0.6 is 0 Å². The first-order valence-corrected chi connectivity index (χ1v) is 9.95. The Balaban J connectivity index is 1.22. The molecule has 0 atom stereocenters. The summed E-state index contributed by atoms with van der Waals surface area (Å²) in [6.07, 6.45) is 6.02. The molecule has 0 bridgehead atoms. The number of nitrogens with zero attached hydrogens (tertiary/aromatic N) is 3. The van der Waals surface area contributed by atoms with Crippen LogP contribution in [0, 0.1) is 5.82 Å². The van der Waals surface area contributed by atoms with E-state index < -0.39 is 17.4 Å². The lowest BCUT2D eigenvalue weighted by Gasteiger charge is -2.31. The maximum absolute atomic E-state index is 13.0. The van der Waals surface area contributed by atoms with Gasteiger partial charge in [0.05, 0.1) is 5.56 Å². The third-order valence-corrected chi connectivity index (χ3v) is 5.71. The zero-order valence-corrected chi connectivity index (χ0v) is 15.6. The van der Waals surface area contributed by atoms with Crippen LogP contribution in [0.4, 0.5) is 10.4 Å². The van der Waals surface area contributed by atoms with E-state index >= 15 is 0 Å². The summed E-state index contributed by atoms with van der Waals surface area (Å²) >= 11 is 0. The fourth-order valence-corrected chi connectivity index (χ4v) is 3.66. The first-order valence-electron chi connectivity index (χ1n) is 9.95. The van der Waals surface area contributed by atoms with Gasteiger partial charge in [0, 0.05) is 25.2 Å². The molecule has 2 aromatic rings. The van der Waals surface area contributed by atoms with Gasteiger partial charge in [0.15, 0.2) is 5.60 Å². The summed E-state index contributed by atoms with van der Waals surface area (Å²) in [5.74, 6) is -0.483. The Kier molecular flexibility index (Phi) is 4.30. The van der Waals surface area contributed by atoms with Gasteiger partial charge in [-0.05, 0) is 62.8 Å². The SMILES string of the molecule is O=C(OC1(c2noc(N3CCC(NC4CC4)CC3)n2)CC1)c1ccc(F)cc1. The largest absolute Gasteiger partial charge is 0.447 e. The van der Waals surface area contributed by atoms with Gasteiger partial charge in [-0.15, -0.1) is 0 Å². The van der Waals surface area contributed by atoms with E-state index in [0.29, 0.717) is 36.3 Å². The molecular weight excluding hydrogens is 363 g/mol. The van der Waals surface area contributed by atoms with Crippen molar-refractivity contribution in [3.63, 3.8) is 0 Å². The second-order valence-corrected chi connectivity index (χ2v) is 7.99. The minimum Gasteiger partial charge on any atom is -0.447 e. The summed E-state index contributed by atoms with van der Waals surface area (Å²) in [5.41, 5.74) is -0.513. The van der Waals surface area contributed by atoms with Crippen LogP contribution in [-0.4, -0.2) is 41.3 Å². The van der Waals surface area contributed by atoms with Crippen molar-refractivity contribution in [1.29, 1.82) is 0 Å². The van der Waals surface area contributed by atoms with Crippen LogP contribution < -0.4 is 10.2 Å². The Morgan fingerprint density at radius 2 is 1.82 bits per heavy atom. The number of carbonyl (C=O) groups excluding carboxylic acids is 1. The molecule has 1 aliphatic heterocycles. The van der Waals surface area contributed by atoms with Crippen molar-refractivity contribution < 1.29 is 18.4 Å². The molecule has 1 saturated heterocycles. The number of hydrogen-bond acceptors (Lipinski definition) is 7. The van der Waals surface area contributed by atoms with Crippen molar-refractivity contribution >= 4 is 12.0 Å². The molecule has 5 rings (SSSR count). The Hall–Kier alpha value is -2.48. The number of piperidine rings is 1. The first kappa shape index (κ1) is 17.6. The third-order valence-electron chi connectivity index (χ3n) is 5.71. The van der Waals surface area contributed by atoms with Crippen LogP contribution in [0.2, 0.25) is 0 Å². The van der Waals surface area contributed by atoms with Crippen LogP contribution in [0.3, 0.4) is 0 Å². The predicted octanol–water partition coefficient (Wildman–Crippen LogP) is 2.78. The van der Waals surface area contributed by atoms with Crippen LogP contribution in [0.5, 0.6) is 0 Å². The highest BCUT2D eigenvalue weighted by atomic mass is 19.1. The molecule has 1 aromatic heterocycles. The number of benzene rings is 1. The molecule has 0 radical (unpaired) electrons. The maximum atomic E-state index is 13.0. The molecule has 7 nitrogen and oxygen atoms in total. The highest BCUT2D eigenvalue weighted by Gasteiger charge is 2.53. The van der Waals surface area contributed by atoms with Crippen molar-refractivity contribution in [1.82, 2.24) is 15.5 Å². The van der Waals surface area contributed by atoms with Crippen LogP contribution in [-0.2, 0) is 10.3 Å². The van der Waals surface area contributed by atoms with E-state index in [0.717, 1.165) is 32.0 Å². The van der Waals surface area contributed by atoms with Gasteiger partial charge in [-0.3, -0.25) is 0 Å². The highest BCUT2D eigenvalue weighted by Crippen LogP contribution is 2.48. The molecule has 3 aliphatic rings. The normalized spacial score (nSPS) is 21.5. The Morgan fingerprint density at radius 3 is 2.46 bits per heavy atom. The number of esters is 1. The van der Waals surface area contributed by atoms with Gasteiger partial charge in [-0.1, -0.05) is 5.16 Å². The lowest BCUT2D eigenvalue weighted by molar-refractivity contribution is 0.0183. The summed E-state index contributed by atoms with van der Waals surface area (Å²) in [5, 5.41) is 7.75. The van der Waals surface area contributed by atoms with Crippen molar-refractivity contribution in [2.24, 2.45) is 0 Å². The number of aromatic nitrogens is 2. The summed E-state index contributed by atoms with van der Waals surface area (Å²) in [4.78, 5) is 19.0. The fraction of sp³-hybridized carbons (Fsp3) is 0.550. The fourth-order valence-electron chi connectivity index (χ4n) is 3.66. The number of rotatable bonds is 6. The zero-order chi connectivity index (χ0) is 19.1. The van der Waals surface area contributed by atoms with Gasteiger partial charge < -0.3 is 19.5 Å². The average molecular weight is 386 g/mol. The molecule has 0 amide bonds. The molecule has 2 heterocycles. The van der Waals surface area contributed by atoms with E-state index in [4.69, 9.17) is 9.26 Å². The summed E-state index contributed by atoms with van der Waals surface area (Å²) in [7, 11) is 0. The summed E-state index contributed by atoms with van der Waals surface area (Å²) in [6.45, 7) is 1.74. The van der Waals surface area contributed by atoms with E-state index in [1.807, 2.05) is 0 Å². The standard InChI is InChI=1S/C20H23FN4O3/c21-14-3-1-13(2-4-14)17(26)27-20(9-10-20)18-23-19(28-24-18)25-11-7-16(8-12-25)22-15-5-6-15/h1-4,15-16,22H,5-12H2. The van der Waals surface area contributed by atoms with Crippen molar-refractivity contribution in [3.8, 4) is 0 Å². The van der Waals surface area contributed by atoms with Gasteiger partial charge in [-0.25, -0.2) is 9.18 Å². The molecule has 0 unspecified atom stereocenters. The van der Waals surface area contributed by atoms with Crippen molar-refractivity contribution in [3.05, 3.63) is 41.5 Å². The number of carbonyl (C=O) groups is 1. The second kappa shape index (κ2) is 6.84.